The number of pyridine rings is 2. The summed E-state index contributed by atoms with van der Waals surface area (Å²) in [6.45, 7) is 22.8. The number of morpholine rings is 2. The van der Waals surface area contributed by atoms with E-state index in [-0.39, 0.29) is 85.2 Å². The molecule has 20 nitrogen and oxygen atoms in total. The molecule has 0 spiro atoms. The van der Waals surface area contributed by atoms with Crippen LogP contribution in [0.2, 0.25) is 10.0 Å². The van der Waals surface area contributed by atoms with Crippen LogP contribution in [0.4, 0.5) is 11.4 Å². The van der Waals surface area contributed by atoms with Crippen LogP contribution in [0.1, 0.15) is 86.3 Å². The van der Waals surface area contributed by atoms with E-state index in [2.05, 4.69) is 66.2 Å². The number of nitrogens with zero attached hydrogens (tertiary/aromatic N) is 8. The Bertz CT molecular complexity index is 3390. The summed E-state index contributed by atoms with van der Waals surface area (Å²) in [6, 6.07) is 26.4. The topological polar surface area (TPSA) is 228 Å². The second-order valence-corrected chi connectivity index (χ2v) is 26.9. The minimum absolute atomic E-state index is 0.0287. The van der Waals surface area contributed by atoms with E-state index in [0.717, 1.165) is 50.7 Å². The lowest BCUT2D eigenvalue weighted by Crippen LogP contribution is -2.61. The first-order valence-corrected chi connectivity index (χ1v) is 31.4. The van der Waals surface area contributed by atoms with Crippen LogP contribution in [0.5, 0.6) is 11.5 Å². The van der Waals surface area contributed by atoms with Gasteiger partial charge >= 0.3 is 0 Å². The molecule has 3 aromatic carbocycles. The van der Waals surface area contributed by atoms with Gasteiger partial charge < -0.3 is 49.3 Å². The quantitative estimate of drug-likeness (QED) is 0.0858. The predicted molar refractivity (Wildman–Crippen MR) is 338 cm³/mol. The lowest BCUT2D eigenvalue weighted by molar-refractivity contribution is -0.121. The van der Waals surface area contributed by atoms with Crippen LogP contribution >= 0.6 is 23.2 Å². The van der Waals surface area contributed by atoms with Crippen LogP contribution in [0.3, 0.4) is 0 Å². The third kappa shape index (κ3) is 14.5. The first kappa shape index (κ1) is 62.9. The van der Waals surface area contributed by atoms with Crippen molar-refractivity contribution in [2.45, 2.75) is 102 Å². The van der Waals surface area contributed by atoms with Gasteiger partial charge in [-0.3, -0.25) is 38.8 Å². The van der Waals surface area contributed by atoms with Crippen molar-refractivity contribution in [2.75, 3.05) is 128 Å². The van der Waals surface area contributed by atoms with Crippen molar-refractivity contribution in [3.8, 4) is 23.6 Å². The van der Waals surface area contributed by atoms with E-state index in [4.69, 9.17) is 42.1 Å². The number of piperazine rings is 2. The third-order valence-electron chi connectivity index (χ3n) is 18.2. The lowest BCUT2D eigenvalue weighted by atomic mass is 9.90. The molecular weight excluding hydrogens is 1160 g/mol. The maximum atomic E-state index is 14.5. The number of rotatable bonds is 18. The number of anilines is 2. The zero-order valence-electron chi connectivity index (χ0n) is 51.1. The van der Waals surface area contributed by atoms with Crippen molar-refractivity contribution in [1.29, 1.82) is 10.5 Å². The molecular formula is C66H80Cl2N12O8. The highest BCUT2D eigenvalue weighted by atomic mass is 35.5. The van der Waals surface area contributed by atoms with Crippen LogP contribution in [-0.4, -0.2) is 196 Å². The van der Waals surface area contributed by atoms with Gasteiger partial charge in [0.2, 0.25) is 11.8 Å². The number of carbonyl (C=O) groups excluding carboxylic acids is 2. The summed E-state index contributed by atoms with van der Waals surface area (Å²) in [5.74, 6) is 1.29. The van der Waals surface area contributed by atoms with E-state index < -0.39 is 10.8 Å². The second kappa shape index (κ2) is 26.8. The molecule has 0 radical (unpaired) electrons. The number of aromatic nitrogens is 2. The summed E-state index contributed by atoms with van der Waals surface area (Å²) in [7, 11) is 0. The molecule has 88 heavy (non-hydrogen) atoms. The number of ether oxygens (including phenoxy) is 4. The molecule has 4 N–H and O–H groups in total. The Balaban J connectivity index is 0.656. The van der Waals surface area contributed by atoms with Crippen LogP contribution in [-0.2, 0) is 42.7 Å². The lowest BCUT2D eigenvalue weighted by Gasteiger charge is -2.43. The highest BCUT2D eigenvalue weighted by molar-refractivity contribution is 6.31. The van der Waals surface area contributed by atoms with E-state index in [9.17, 15) is 29.7 Å². The second-order valence-electron chi connectivity index (χ2n) is 26.1. The Hall–Kier alpha value is -6.66. The van der Waals surface area contributed by atoms with Gasteiger partial charge in [-0.25, -0.2) is 0 Å². The van der Waals surface area contributed by atoms with E-state index in [1.807, 2.05) is 73.9 Å². The van der Waals surface area contributed by atoms with E-state index in [1.165, 1.54) is 0 Å². The molecule has 2 aromatic heterocycles. The summed E-state index contributed by atoms with van der Waals surface area (Å²) in [4.78, 5) is 75.2. The number of nitrogens with one attached hydrogen (secondary N) is 4. The van der Waals surface area contributed by atoms with Crippen molar-refractivity contribution in [3.05, 3.63) is 148 Å². The van der Waals surface area contributed by atoms with E-state index in [1.54, 1.807) is 36.4 Å². The fourth-order valence-corrected chi connectivity index (χ4v) is 13.8. The Morgan fingerprint density at radius 1 is 0.614 bits per heavy atom. The first-order chi connectivity index (χ1) is 42.2. The number of fused-ring (bicyclic) bond motifs is 2. The van der Waals surface area contributed by atoms with Crippen molar-refractivity contribution >= 4 is 46.4 Å². The van der Waals surface area contributed by atoms with Gasteiger partial charge in [0, 0.05) is 165 Å². The molecule has 0 unspecified atom stereocenters. The fraction of sp³-hybridized carbons (Fsp3) is 0.515. The molecule has 466 valence electrons. The molecule has 0 saturated carbocycles. The summed E-state index contributed by atoms with van der Waals surface area (Å²) >= 11 is 12.3. The zero-order valence-corrected chi connectivity index (χ0v) is 52.6. The molecule has 4 saturated heterocycles. The number of hydrogen-bond acceptors (Lipinski definition) is 16. The Kier molecular flexibility index (Phi) is 19.2. The normalized spacial score (nSPS) is 23.9. The Morgan fingerprint density at radius 3 is 1.47 bits per heavy atom. The van der Waals surface area contributed by atoms with Gasteiger partial charge in [0.1, 0.15) is 36.9 Å². The highest BCUT2D eigenvalue weighted by Gasteiger charge is 2.43. The minimum Gasteiger partial charge on any atom is -0.491 e. The molecule has 6 aliphatic rings. The van der Waals surface area contributed by atoms with Crippen molar-refractivity contribution in [2.24, 2.45) is 0 Å². The maximum Gasteiger partial charge on any atom is 0.251 e. The molecule has 22 heteroatoms. The monoisotopic (exact) mass is 1240 g/mol. The van der Waals surface area contributed by atoms with Gasteiger partial charge in [0.15, 0.2) is 0 Å². The zero-order chi connectivity index (χ0) is 62.0. The standard InChI is InChI=1S/C66H80Cl2N12O8/c1-41-29-77(35-59(81)79-39-65(3,4)61-57(79)22-45(63(83)73-61)18-43-10-12-49(67)20-47(43)25-69)51(27-71-41)31-75-14-16-85-55(33-75)37-87-53-8-7-9-54(24-53)88-38-56-34-76(15-17-86-56)32-52-28-72-42(2)30-78(52)36-60(82)80-40-66(5,6)62-58(80)23-46(64(84)74-62)19-44-11-13-50(68)21-48(44)26-70/h7-13,20-24,41-42,51-52,55-56,71-72H,14-19,27-40H2,1-6H3,(H,73,83)(H,74,84)/t41-,42-,51-,52-,55+,56+/m1/s1. The smallest absolute Gasteiger partial charge is 0.251 e. The van der Waals surface area contributed by atoms with Crippen molar-refractivity contribution < 1.29 is 28.5 Å². The third-order valence-corrected chi connectivity index (χ3v) is 18.6. The summed E-state index contributed by atoms with van der Waals surface area (Å²) in [6.07, 6.45) is 0.116. The molecule has 6 aliphatic heterocycles. The number of benzene rings is 3. The average molecular weight is 1240 g/mol. The Labute approximate surface area is 524 Å². The van der Waals surface area contributed by atoms with Crippen LogP contribution in [0.25, 0.3) is 0 Å². The molecule has 6 atom stereocenters. The molecule has 11 rings (SSSR count). The van der Waals surface area contributed by atoms with Crippen LogP contribution < -0.4 is 41.0 Å². The number of halogens is 2. The number of carbonyl (C=O) groups is 2. The number of nitriles is 2. The SMILES string of the molecule is C[C@@H]1CN(CC(=O)N2CC(C)(C)c3[nH]c(=O)c(Cc4ccc(Cl)cc4C#N)cc32)[C@@H](CN2CCO[C@H](COc3cccc(OC[C@@H]4CN(C[C@H]5CN[C@H](C)CN5CC(=O)N5CC(C)(C)c6[nH]c(=O)c(Cc7ccc(Cl)cc7C#N)cc65)CCO4)c3)C2)CN1. The Morgan fingerprint density at radius 2 is 1.05 bits per heavy atom. The van der Waals surface area contributed by atoms with Gasteiger partial charge in [-0.2, -0.15) is 10.5 Å². The van der Waals surface area contributed by atoms with Gasteiger partial charge in [0.05, 0.1) is 60.9 Å². The largest absolute Gasteiger partial charge is 0.491 e. The number of amides is 2. The predicted octanol–water partition coefficient (Wildman–Crippen LogP) is 5.43. The van der Waals surface area contributed by atoms with Crippen molar-refractivity contribution in [1.82, 2.24) is 40.2 Å². The molecule has 8 heterocycles. The first-order valence-electron chi connectivity index (χ1n) is 30.7. The number of H-pyrrole nitrogens is 2. The van der Waals surface area contributed by atoms with Crippen LogP contribution in [0.15, 0.2) is 82.4 Å². The minimum atomic E-state index is -0.470. The van der Waals surface area contributed by atoms with Gasteiger partial charge in [-0.05, 0) is 73.5 Å². The molecule has 0 bridgehead atoms. The average Bonchev–Trinajstić information content (AvgIpc) is 1.73. The molecule has 0 aliphatic carbocycles. The fourth-order valence-electron chi connectivity index (χ4n) is 13.5. The molecule has 5 aromatic rings. The van der Waals surface area contributed by atoms with Gasteiger partial charge in [-0.15, -0.1) is 0 Å². The number of aromatic amines is 2. The maximum absolute atomic E-state index is 14.5. The van der Waals surface area contributed by atoms with E-state index >= 15 is 0 Å². The summed E-state index contributed by atoms with van der Waals surface area (Å²) in [5.41, 5.74) is 4.62. The number of hydrogen-bond donors (Lipinski definition) is 4. The summed E-state index contributed by atoms with van der Waals surface area (Å²) < 4.78 is 25.2. The van der Waals surface area contributed by atoms with Crippen molar-refractivity contribution in [3.63, 3.8) is 0 Å². The summed E-state index contributed by atoms with van der Waals surface area (Å²) in [5, 5.41) is 27.8. The van der Waals surface area contributed by atoms with Crippen LogP contribution in [0, 0.1) is 22.7 Å². The van der Waals surface area contributed by atoms with Gasteiger partial charge in [0.25, 0.3) is 11.1 Å². The van der Waals surface area contributed by atoms with E-state index in [0.29, 0.717) is 132 Å². The molecule has 4 fully saturated rings. The highest BCUT2D eigenvalue weighted by Crippen LogP contribution is 2.41. The van der Waals surface area contributed by atoms with Gasteiger partial charge in [-0.1, -0.05) is 69.1 Å². The molecule has 2 amide bonds.